The molecule has 1 aromatic carbocycles. The Balaban J connectivity index is 2.19. The summed E-state index contributed by atoms with van der Waals surface area (Å²) >= 11 is 0. The van der Waals surface area contributed by atoms with Crippen molar-refractivity contribution in [1.82, 2.24) is 9.97 Å². The number of ether oxygens (including phenoxy) is 1. The molecule has 2 N–H and O–H groups in total. The molecule has 0 saturated carbocycles. The number of fused-ring (bicyclic) bond motifs is 1. The molecular formula is C12H9F3N2O4. The number of carbonyl (C=O) groups is 1. The Morgan fingerprint density at radius 2 is 1.71 bits per heavy atom. The number of rotatable bonds is 4. The van der Waals surface area contributed by atoms with Crippen molar-refractivity contribution in [3.8, 4) is 0 Å². The molecule has 112 valence electrons. The number of carbonyl (C=O) groups excluding carboxylic acids is 1. The molecule has 6 nitrogen and oxygen atoms in total. The summed E-state index contributed by atoms with van der Waals surface area (Å²) < 4.78 is 39.9. The second kappa shape index (κ2) is 5.52. The van der Waals surface area contributed by atoms with Crippen molar-refractivity contribution in [3.63, 3.8) is 0 Å². The van der Waals surface area contributed by atoms with E-state index in [-0.39, 0.29) is 11.1 Å². The largest absolute Gasteiger partial charge is 0.411 e. The van der Waals surface area contributed by atoms with Crippen LogP contribution in [0.4, 0.5) is 13.2 Å². The van der Waals surface area contributed by atoms with Crippen LogP contribution in [0.5, 0.6) is 0 Å². The van der Waals surface area contributed by atoms with Gasteiger partial charge in [0.2, 0.25) is 0 Å². The molecule has 21 heavy (non-hydrogen) atoms. The molecule has 2 aromatic rings. The summed E-state index contributed by atoms with van der Waals surface area (Å²) in [5.74, 6) is -0.673. The predicted molar refractivity (Wildman–Crippen MR) is 66.4 cm³/mol. The van der Waals surface area contributed by atoms with Crippen molar-refractivity contribution >= 4 is 16.8 Å². The molecule has 1 heterocycles. The molecule has 0 spiro atoms. The van der Waals surface area contributed by atoms with Gasteiger partial charge in [0.05, 0.1) is 11.0 Å². The second-order valence-electron chi connectivity index (χ2n) is 4.20. The highest BCUT2D eigenvalue weighted by Crippen LogP contribution is 2.15. The number of aromatic nitrogens is 2. The van der Waals surface area contributed by atoms with E-state index < -0.39 is 36.3 Å². The number of ketones is 1. The first kappa shape index (κ1) is 15.0. The minimum absolute atomic E-state index is 0.0624. The molecule has 0 aliphatic heterocycles. The number of hydrogen-bond acceptors (Lipinski definition) is 4. The van der Waals surface area contributed by atoms with Crippen LogP contribution < -0.4 is 11.1 Å². The lowest BCUT2D eigenvalue weighted by atomic mass is 10.1. The first-order chi connectivity index (χ1) is 9.76. The Kier molecular flexibility index (Phi) is 3.94. The SMILES string of the molecule is O=C(COCC(F)(F)F)c1ccc2[nH]c(=O)c(=O)[nH]c2c1. The number of alkyl halides is 3. The summed E-state index contributed by atoms with van der Waals surface area (Å²) in [5, 5.41) is 0. The zero-order chi connectivity index (χ0) is 15.6. The van der Waals surface area contributed by atoms with Gasteiger partial charge in [-0.25, -0.2) is 0 Å². The van der Waals surface area contributed by atoms with Crippen LogP contribution in [0.25, 0.3) is 11.0 Å². The second-order valence-corrected chi connectivity index (χ2v) is 4.20. The highest BCUT2D eigenvalue weighted by Gasteiger charge is 2.27. The number of Topliss-reactive ketones (excluding diaryl/α,β-unsaturated/α-hetero) is 1. The number of benzene rings is 1. The van der Waals surface area contributed by atoms with Gasteiger partial charge in [0.15, 0.2) is 5.78 Å². The average Bonchev–Trinajstić information content (AvgIpc) is 2.38. The Hall–Kier alpha value is -2.42. The molecule has 0 saturated heterocycles. The van der Waals surface area contributed by atoms with Crippen molar-refractivity contribution < 1.29 is 22.7 Å². The molecule has 9 heteroatoms. The van der Waals surface area contributed by atoms with Crippen LogP contribution in [0.2, 0.25) is 0 Å². The summed E-state index contributed by atoms with van der Waals surface area (Å²) in [4.78, 5) is 38.5. The van der Waals surface area contributed by atoms with E-state index in [1.807, 2.05) is 0 Å². The predicted octanol–water partition coefficient (Wildman–Crippen LogP) is 0.978. The normalized spacial score (nSPS) is 11.8. The van der Waals surface area contributed by atoms with E-state index in [1.165, 1.54) is 18.2 Å². The molecule has 0 radical (unpaired) electrons. The van der Waals surface area contributed by atoms with Crippen LogP contribution >= 0.6 is 0 Å². The number of hydrogen-bond donors (Lipinski definition) is 2. The Labute approximate surface area is 114 Å². The van der Waals surface area contributed by atoms with Gasteiger partial charge >= 0.3 is 17.3 Å². The van der Waals surface area contributed by atoms with Crippen molar-refractivity contribution in [1.29, 1.82) is 0 Å². The van der Waals surface area contributed by atoms with Crippen LogP contribution in [0, 0.1) is 0 Å². The fourth-order valence-corrected chi connectivity index (χ4v) is 1.63. The van der Waals surface area contributed by atoms with Crippen molar-refractivity contribution in [3.05, 3.63) is 44.5 Å². The van der Waals surface area contributed by atoms with Gasteiger partial charge in [-0.05, 0) is 18.2 Å². The smallest absolute Gasteiger partial charge is 0.364 e. The van der Waals surface area contributed by atoms with Gasteiger partial charge in [0.25, 0.3) is 0 Å². The van der Waals surface area contributed by atoms with E-state index in [9.17, 15) is 27.6 Å². The number of halogens is 3. The monoisotopic (exact) mass is 302 g/mol. The van der Waals surface area contributed by atoms with Gasteiger partial charge in [-0.2, -0.15) is 13.2 Å². The third-order valence-corrected chi connectivity index (χ3v) is 2.54. The Morgan fingerprint density at radius 3 is 2.33 bits per heavy atom. The Bertz CT molecular complexity index is 791. The van der Waals surface area contributed by atoms with E-state index >= 15 is 0 Å². The van der Waals surface area contributed by atoms with Gasteiger partial charge in [-0.3, -0.25) is 14.4 Å². The highest BCUT2D eigenvalue weighted by molar-refractivity contribution is 5.99. The third kappa shape index (κ3) is 3.78. The molecule has 0 bridgehead atoms. The number of aromatic amines is 2. The van der Waals surface area contributed by atoms with Crippen molar-refractivity contribution in [2.45, 2.75) is 6.18 Å². The van der Waals surface area contributed by atoms with E-state index in [2.05, 4.69) is 14.7 Å². The van der Waals surface area contributed by atoms with E-state index in [4.69, 9.17) is 0 Å². The van der Waals surface area contributed by atoms with Gasteiger partial charge in [-0.15, -0.1) is 0 Å². The van der Waals surface area contributed by atoms with E-state index in [0.717, 1.165) is 0 Å². The molecule has 0 unspecified atom stereocenters. The number of H-pyrrole nitrogens is 2. The molecule has 0 atom stereocenters. The van der Waals surface area contributed by atoms with E-state index in [0.29, 0.717) is 5.52 Å². The van der Waals surface area contributed by atoms with Crippen LogP contribution in [0.3, 0.4) is 0 Å². The highest BCUT2D eigenvalue weighted by atomic mass is 19.4. The minimum atomic E-state index is -4.51. The maximum atomic E-state index is 11.9. The van der Waals surface area contributed by atoms with Gasteiger partial charge < -0.3 is 14.7 Å². The maximum Gasteiger partial charge on any atom is 0.411 e. The first-order valence-electron chi connectivity index (χ1n) is 5.70. The van der Waals surface area contributed by atoms with Crippen LogP contribution in [-0.2, 0) is 4.74 Å². The summed E-state index contributed by atoms with van der Waals surface area (Å²) in [6, 6.07) is 3.94. The molecule has 0 aliphatic carbocycles. The summed E-state index contributed by atoms with van der Waals surface area (Å²) in [7, 11) is 0. The lowest BCUT2D eigenvalue weighted by Crippen LogP contribution is -2.29. The van der Waals surface area contributed by atoms with Crippen LogP contribution in [0.15, 0.2) is 27.8 Å². The van der Waals surface area contributed by atoms with Gasteiger partial charge in [0.1, 0.15) is 13.2 Å². The van der Waals surface area contributed by atoms with Gasteiger partial charge in [-0.1, -0.05) is 0 Å². The van der Waals surface area contributed by atoms with Crippen molar-refractivity contribution in [2.75, 3.05) is 13.2 Å². The van der Waals surface area contributed by atoms with Crippen molar-refractivity contribution in [2.24, 2.45) is 0 Å². The zero-order valence-corrected chi connectivity index (χ0v) is 10.4. The summed E-state index contributed by atoms with van der Waals surface area (Å²) in [5.41, 5.74) is -1.17. The summed E-state index contributed by atoms with van der Waals surface area (Å²) in [6.45, 7) is -2.25. The maximum absolute atomic E-state index is 11.9. The number of nitrogens with one attached hydrogen (secondary N) is 2. The average molecular weight is 302 g/mol. The minimum Gasteiger partial charge on any atom is -0.364 e. The summed E-state index contributed by atoms with van der Waals surface area (Å²) in [6.07, 6.45) is -4.51. The van der Waals surface area contributed by atoms with E-state index in [1.54, 1.807) is 0 Å². The molecule has 0 aliphatic rings. The topological polar surface area (TPSA) is 92.0 Å². The van der Waals surface area contributed by atoms with Gasteiger partial charge in [0, 0.05) is 5.56 Å². The molecule has 2 rings (SSSR count). The lowest BCUT2D eigenvalue weighted by molar-refractivity contribution is -0.170. The quantitative estimate of drug-likeness (QED) is 0.650. The zero-order valence-electron chi connectivity index (χ0n) is 10.4. The fraction of sp³-hybridized carbons (Fsp3) is 0.250. The Morgan fingerprint density at radius 1 is 1.10 bits per heavy atom. The lowest BCUT2D eigenvalue weighted by Gasteiger charge is -2.07. The molecule has 1 aromatic heterocycles. The standard InChI is InChI=1S/C12H9F3N2O4/c13-12(14,15)5-21-4-9(18)6-1-2-7-8(3-6)17-11(20)10(19)16-7/h1-3H,4-5H2,(H,16,19)(H,17,20). The first-order valence-corrected chi connectivity index (χ1v) is 5.70. The molecule has 0 fully saturated rings. The third-order valence-electron chi connectivity index (χ3n) is 2.54. The van der Waals surface area contributed by atoms with Crippen LogP contribution in [-0.4, -0.2) is 35.1 Å². The molecular weight excluding hydrogens is 293 g/mol. The fourth-order valence-electron chi connectivity index (χ4n) is 1.63. The molecule has 0 amide bonds. The van der Waals surface area contributed by atoms with Crippen LogP contribution in [0.1, 0.15) is 10.4 Å².